The second kappa shape index (κ2) is 5.92. The van der Waals surface area contributed by atoms with Gasteiger partial charge >= 0.3 is 0 Å². The molecular weight excluding hydrogens is 260 g/mol. The van der Waals surface area contributed by atoms with Crippen LogP contribution in [0.25, 0.3) is 11.0 Å². The van der Waals surface area contributed by atoms with Crippen LogP contribution in [-0.2, 0) is 6.54 Å². The van der Waals surface area contributed by atoms with Gasteiger partial charge in [0.1, 0.15) is 5.76 Å². The maximum atomic E-state index is 13.8. The van der Waals surface area contributed by atoms with E-state index >= 15 is 0 Å². The van der Waals surface area contributed by atoms with Crippen molar-refractivity contribution in [3.63, 3.8) is 0 Å². The van der Waals surface area contributed by atoms with Crippen LogP contribution in [0, 0.1) is 17.6 Å². The molecule has 1 heterocycles. The molecule has 2 nitrogen and oxygen atoms in total. The van der Waals surface area contributed by atoms with Gasteiger partial charge < -0.3 is 9.73 Å². The third-order valence-corrected chi connectivity index (χ3v) is 3.28. The summed E-state index contributed by atoms with van der Waals surface area (Å²) in [6, 6.07) is 2.75. The fraction of sp³-hybridized carbons (Fsp3) is 0.500. The molecule has 0 saturated heterocycles. The van der Waals surface area contributed by atoms with E-state index in [1.165, 1.54) is 0 Å². The van der Waals surface area contributed by atoms with Gasteiger partial charge in [-0.3, -0.25) is 0 Å². The Morgan fingerprint density at radius 2 is 1.85 bits per heavy atom. The van der Waals surface area contributed by atoms with Gasteiger partial charge in [0.15, 0.2) is 11.4 Å². The summed E-state index contributed by atoms with van der Waals surface area (Å²) >= 11 is 0. The number of hydrogen-bond acceptors (Lipinski definition) is 2. The summed E-state index contributed by atoms with van der Waals surface area (Å²) in [5.41, 5.74) is 0.977. The number of halogens is 2. The number of nitrogens with one attached hydrogen (secondary N) is 1. The van der Waals surface area contributed by atoms with Crippen LogP contribution in [0.1, 0.15) is 44.9 Å². The summed E-state index contributed by atoms with van der Waals surface area (Å²) in [6.07, 6.45) is 0. The van der Waals surface area contributed by atoms with Crippen LogP contribution in [0.2, 0.25) is 0 Å². The highest BCUT2D eigenvalue weighted by Gasteiger charge is 2.20. The highest BCUT2D eigenvalue weighted by Crippen LogP contribution is 2.34. The minimum absolute atomic E-state index is 0.0232. The summed E-state index contributed by atoms with van der Waals surface area (Å²) in [4.78, 5) is 0. The molecule has 4 heteroatoms. The van der Waals surface area contributed by atoms with Gasteiger partial charge in [-0.2, -0.15) is 4.39 Å². The molecule has 1 aromatic carbocycles. The summed E-state index contributed by atoms with van der Waals surface area (Å²) in [5.74, 6) is -0.365. The van der Waals surface area contributed by atoms with Gasteiger partial charge in [-0.1, -0.05) is 27.7 Å². The second-order valence-corrected chi connectivity index (χ2v) is 5.86. The van der Waals surface area contributed by atoms with Crippen molar-refractivity contribution < 1.29 is 13.2 Å². The lowest BCUT2D eigenvalue weighted by atomic mass is 9.99. The highest BCUT2D eigenvalue weighted by atomic mass is 19.2. The van der Waals surface area contributed by atoms with Gasteiger partial charge in [-0.25, -0.2) is 4.39 Å². The van der Waals surface area contributed by atoms with Crippen molar-refractivity contribution in [3.05, 3.63) is 35.1 Å². The van der Waals surface area contributed by atoms with Gasteiger partial charge in [-0.05, 0) is 30.5 Å². The highest BCUT2D eigenvalue weighted by molar-refractivity contribution is 5.83. The average Bonchev–Trinajstić information content (AvgIpc) is 2.73. The molecule has 20 heavy (non-hydrogen) atoms. The van der Waals surface area contributed by atoms with E-state index in [0.29, 0.717) is 23.6 Å². The van der Waals surface area contributed by atoms with E-state index in [9.17, 15) is 8.78 Å². The number of furan rings is 1. The average molecular weight is 281 g/mol. The first-order chi connectivity index (χ1) is 9.41. The third-order valence-electron chi connectivity index (χ3n) is 3.28. The fourth-order valence-corrected chi connectivity index (χ4v) is 2.41. The normalized spacial score (nSPS) is 12.0. The Kier molecular flexibility index (Phi) is 4.43. The number of hydrogen-bond donors (Lipinski definition) is 1. The first-order valence-electron chi connectivity index (χ1n) is 7.01. The smallest absolute Gasteiger partial charge is 0.201 e. The maximum absolute atomic E-state index is 13.8. The van der Waals surface area contributed by atoms with Crippen molar-refractivity contribution in [2.75, 3.05) is 6.54 Å². The molecule has 0 saturated carbocycles. The Balaban J connectivity index is 2.42. The van der Waals surface area contributed by atoms with Crippen molar-refractivity contribution in [2.45, 2.75) is 40.2 Å². The van der Waals surface area contributed by atoms with E-state index in [4.69, 9.17) is 4.42 Å². The Morgan fingerprint density at radius 1 is 1.15 bits per heavy atom. The van der Waals surface area contributed by atoms with Crippen molar-refractivity contribution in [3.8, 4) is 0 Å². The quantitative estimate of drug-likeness (QED) is 0.867. The first kappa shape index (κ1) is 15.0. The van der Waals surface area contributed by atoms with Crippen LogP contribution < -0.4 is 5.32 Å². The van der Waals surface area contributed by atoms with Crippen LogP contribution in [0.3, 0.4) is 0 Å². The molecule has 0 bridgehead atoms. The van der Waals surface area contributed by atoms with Gasteiger partial charge in [0.25, 0.3) is 0 Å². The largest absolute Gasteiger partial charge is 0.456 e. The Morgan fingerprint density at radius 3 is 2.45 bits per heavy atom. The van der Waals surface area contributed by atoms with Crippen LogP contribution >= 0.6 is 0 Å². The lowest BCUT2D eigenvalue weighted by Crippen LogP contribution is -2.19. The summed E-state index contributed by atoms with van der Waals surface area (Å²) < 4.78 is 32.7. The van der Waals surface area contributed by atoms with Gasteiger partial charge in [-0.15, -0.1) is 0 Å². The molecular formula is C16H21F2NO. The molecule has 0 aliphatic rings. The molecule has 2 aromatic rings. The molecule has 0 aliphatic carbocycles. The second-order valence-electron chi connectivity index (χ2n) is 5.86. The molecule has 0 aliphatic heterocycles. The number of fused-ring (bicyclic) bond motifs is 1. The molecule has 0 atom stereocenters. The summed E-state index contributed by atoms with van der Waals surface area (Å²) in [7, 11) is 0. The fourth-order valence-electron chi connectivity index (χ4n) is 2.41. The van der Waals surface area contributed by atoms with Crippen LogP contribution in [0.5, 0.6) is 0 Å². The monoisotopic (exact) mass is 281 g/mol. The van der Waals surface area contributed by atoms with E-state index in [2.05, 4.69) is 19.2 Å². The zero-order chi connectivity index (χ0) is 14.9. The lowest BCUT2D eigenvalue weighted by Gasteiger charge is -2.09. The van der Waals surface area contributed by atoms with E-state index < -0.39 is 11.6 Å². The Hall–Kier alpha value is -1.42. The Labute approximate surface area is 118 Å². The zero-order valence-electron chi connectivity index (χ0n) is 12.4. The molecule has 0 fully saturated rings. The first-order valence-corrected chi connectivity index (χ1v) is 7.01. The minimum Gasteiger partial charge on any atom is -0.456 e. The van der Waals surface area contributed by atoms with Crippen molar-refractivity contribution in [1.29, 1.82) is 0 Å². The number of benzene rings is 1. The lowest BCUT2D eigenvalue weighted by molar-refractivity contribution is 0.455. The summed E-state index contributed by atoms with van der Waals surface area (Å²) in [5, 5.41) is 3.95. The molecule has 0 radical (unpaired) electrons. The Bertz CT molecular complexity index is 602. The van der Waals surface area contributed by atoms with Crippen molar-refractivity contribution in [2.24, 2.45) is 5.92 Å². The minimum atomic E-state index is -0.903. The zero-order valence-corrected chi connectivity index (χ0v) is 12.4. The molecule has 1 aromatic heterocycles. The van der Waals surface area contributed by atoms with Crippen LogP contribution in [0.4, 0.5) is 8.78 Å². The molecule has 2 rings (SSSR count). The molecule has 110 valence electrons. The SMILES string of the molecule is CC(C)CNCc1oc2c(F)c(F)ccc2c1C(C)C. The predicted octanol–water partition coefficient (Wildman–Crippen LogP) is 4.58. The maximum Gasteiger partial charge on any atom is 0.201 e. The topological polar surface area (TPSA) is 25.2 Å². The van der Waals surface area contributed by atoms with Gasteiger partial charge in [0, 0.05) is 10.9 Å². The van der Waals surface area contributed by atoms with Crippen molar-refractivity contribution >= 4 is 11.0 Å². The summed E-state index contributed by atoms with van der Waals surface area (Å²) in [6.45, 7) is 9.66. The molecule has 0 amide bonds. The van der Waals surface area contributed by atoms with Crippen LogP contribution in [-0.4, -0.2) is 6.54 Å². The molecule has 0 spiro atoms. The van der Waals surface area contributed by atoms with Crippen LogP contribution in [0.15, 0.2) is 16.5 Å². The third kappa shape index (κ3) is 2.85. The van der Waals surface area contributed by atoms with E-state index in [1.54, 1.807) is 6.07 Å². The standard InChI is InChI=1S/C16H21F2NO/c1-9(2)7-19-8-13-14(10(3)4)11-5-6-12(17)15(18)16(11)20-13/h5-6,9-10,19H,7-8H2,1-4H3. The van der Waals surface area contributed by atoms with E-state index in [1.807, 2.05) is 13.8 Å². The van der Waals surface area contributed by atoms with E-state index in [0.717, 1.165) is 18.2 Å². The van der Waals surface area contributed by atoms with E-state index in [-0.39, 0.29) is 11.5 Å². The van der Waals surface area contributed by atoms with Crippen molar-refractivity contribution in [1.82, 2.24) is 5.32 Å². The number of rotatable bonds is 5. The van der Waals surface area contributed by atoms with Gasteiger partial charge in [0.2, 0.25) is 5.82 Å². The van der Waals surface area contributed by atoms with Gasteiger partial charge in [0.05, 0.1) is 6.54 Å². The predicted molar refractivity (Wildman–Crippen MR) is 76.8 cm³/mol. The molecule has 0 unspecified atom stereocenters. The molecule has 1 N–H and O–H groups in total.